The minimum atomic E-state index is -0.171. The van der Waals surface area contributed by atoms with Gasteiger partial charge in [-0.15, -0.1) is 0 Å². The van der Waals surface area contributed by atoms with Crippen molar-refractivity contribution < 1.29 is 4.39 Å². The van der Waals surface area contributed by atoms with E-state index in [0.717, 1.165) is 12.1 Å². The molecule has 2 rings (SSSR count). The van der Waals surface area contributed by atoms with E-state index in [2.05, 4.69) is 31.1 Å². The molecule has 1 saturated heterocycles. The summed E-state index contributed by atoms with van der Waals surface area (Å²) in [4.78, 5) is 2.37. The molecule has 1 aromatic carbocycles. The zero-order chi connectivity index (χ0) is 12.4. The molecule has 2 nitrogen and oxygen atoms in total. The average molecular weight is 236 g/mol. The zero-order valence-corrected chi connectivity index (χ0v) is 10.8. The van der Waals surface area contributed by atoms with Gasteiger partial charge in [0, 0.05) is 24.7 Å². The lowest BCUT2D eigenvalue weighted by Gasteiger charge is -2.19. The number of nitrogens with zero attached hydrogens (tertiary/aromatic N) is 1. The zero-order valence-electron chi connectivity index (χ0n) is 10.8. The number of halogens is 1. The van der Waals surface area contributed by atoms with Crippen molar-refractivity contribution in [2.75, 3.05) is 13.6 Å². The normalized spacial score (nSPS) is 27.3. The number of likely N-dealkylation sites (N-methyl/N-ethyl adjacent to an activating group) is 1. The van der Waals surface area contributed by atoms with Gasteiger partial charge in [-0.1, -0.05) is 12.1 Å². The number of likely N-dealkylation sites (tertiary alicyclic amines) is 1. The smallest absolute Gasteiger partial charge is 0.123 e. The maximum atomic E-state index is 12.8. The van der Waals surface area contributed by atoms with E-state index in [0.29, 0.717) is 12.1 Å². The van der Waals surface area contributed by atoms with Gasteiger partial charge in [0.2, 0.25) is 0 Å². The first-order valence-electron chi connectivity index (χ1n) is 6.28. The Morgan fingerprint density at radius 2 is 2.00 bits per heavy atom. The van der Waals surface area contributed by atoms with E-state index in [1.54, 1.807) is 0 Å². The van der Waals surface area contributed by atoms with E-state index < -0.39 is 0 Å². The Labute approximate surface area is 103 Å². The van der Waals surface area contributed by atoms with Crippen molar-refractivity contribution in [3.8, 4) is 0 Å². The van der Waals surface area contributed by atoms with Crippen LogP contribution in [-0.2, 0) is 0 Å². The number of hydrogen-bond donors (Lipinski definition) is 1. The second kappa shape index (κ2) is 5.15. The van der Waals surface area contributed by atoms with Crippen molar-refractivity contribution in [2.24, 2.45) is 0 Å². The lowest BCUT2D eigenvalue weighted by Crippen LogP contribution is -2.33. The first-order chi connectivity index (χ1) is 8.06. The highest BCUT2D eigenvalue weighted by Crippen LogP contribution is 2.19. The van der Waals surface area contributed by atoms with Crippen LogP contribution >= 0.6 is 0 Å². The fourth-order valence-electron chi connectivity index (χ4n) is 2.52. The van der Waals surface area contributed by atoms with Crippen molar-refractivity contribution in [1.29, 1.82) is 0 Å². The van der Waals surface area contributed by atoms with E-state index in [1.807, 2.05) is 12.1 Å². The van der Waals surface area contributed by atoms with E-state index in [9.17, 15) is 4.39 Å². The molecule has 0 saturated carbocycles. The topological polar surface area (TPSA) is 15.3 Å². The fourth-order valence-corrected chi connectivity index (χ4v) is 2.52. The molecule has 0 bridgehead atoms. The summed E-state index contributed by atoms with van der Waals surface area (Å²) in [6, 6.07) is 8.22. The Kier molecular flexibility index (Phi) is 3.79. The molecule has 0 spiro atoms. The molecule has 0 aromatic heterocycles. The fraction of sp³-hybridized carbons (Fsp3) is 0.571. The quantitative estimate of drug-likeness (QED) is 0.867. The SMILES string of the molecule is CC1CC(N[C@@H](C)c2ccc(F)cc2)CN1C. The molecule has 0 radical (unpaired) electrons. The molecule has 0 aliphatic carbocycles. The predicted octanol–water partition coefficient (Wildman–Crippen LogP) is 2.57. The summed E-state index contributed by atoms with van der Waals surface area (Å²) in [5, 5.41) is 3.61. The highest BCUT2D eigenvalue weighted by molar-refractivity contribution is 5.19. The Balaban J connectivity index is 1.93. The predicted molar refractivity (Wildman–Crippen MR) is 68.4 cm³/mol. The van der Waals surface area contributed by atoms with Crippen molar-refractivity contribution in [3.63, 3.8) is 0 Å². The minimum Gasteiger partial charge on any atom is -0.306 e. The van der Waals surface area contributed by atoms with Gasteiger partial charge >= 0.3 is 0 Å². The van der Waals surface area contributed by atoms with Crippen LogP contribution in [0.3, 0.4) is 0 Å². The molecule has 94 valence electrons. The molecule has 1 N–H and O–H groups in total. The maximum Gasteiger partial charge on any atom is 0.123 e. The molecule has 1 aliphatic heterocycles. The molecule has 1 aliphatic rings. The van der Waals surface area contributed by atoms with E-state index in [4.69, 9.17) is 0 Å². The van der Waals surface area contributed by atoms with Crippen molar-refractivity contribution >= 4 is 0 Å². The molecule has 3 atom stereocenters. The molecular weight excluding hydrogens is 215 g/mol. The van der Waals surface area contributed by atoms with E-state index in [1.165, 1.54) is 18.6 Å². The van der Waals surface area contributed by atoms with Gasteiger partial charge in [-0.2, -0.15) is 0 Å². The largest absolute Gasteiger partial charge is 0.306 e. The van der Waals surface area contributed by atoms with Gasteiger partial charge in [0.05, 0.1) is 0 Å². The average Bonchev–Trinajstić information content (AvgIpc) is 2.58. The van der Waals surface area contributed by atoms with E-state index in [-0.39, 0.29) is 11.9 Å². The van der Waals surface area contributed by atoms with Gasteiger partial charge in [-0.25, -0.2) is 4.39 Å². The van der Waals surface area contributed by atoms with Crippen molar-refractivity contribution in [2.45, 2.75) is 38.4 Å². The maximum absolute atomic E-state index is 12.8. The summed E-state index contributed by atoms with van der Waals surface area (Å²) in [5.74, 6) is -0.171. The summed E-state index contributed by atoms with van der Waals surface area (Å²) in [7, 11) is 2.16. The number of nitrogens with one attached hydrogen (secondary N) is 1. The van der Waals surface area contributed by atoms with Crippen LogP contribution in [0.25, 0.3) is 0 Å². The highest BCUT2D eigenvalue weighted by atomic mass is 19.1. The Bertz CT molecular complexity index is 353. The Morgan fingerprint density at radius 1 is 1.35 bits per heavy atom. The van der Waals surface area contributed by atoms with Crippen LogP contribution in [0.5, 0.6) is 0 Å². The Morgan fingerprint density at radius 3 is 2.53 bits per heavy atom. The molecule has 2 unspecified atom stereocenters. The van der Waals surface area contributed by atoms with Crippen LogP contribution in [0, 0.1) is 5.82 Å². The third kappa shape index (κ3) is 3.05. The highest BCUT2D eigenvalue weighted by Gasteiger charge is 2.26. The third-order valence-corrected chi connectivity index (χ3v) is 3.74. The first kappa shape index (κ1) is 12.5. The standard InChI is InChI=1S/C14H21FN2/c1-10-8-14(9-17(10)3)16-11(2)12-4-6-13(15)7-5-12/h4-7,10-11,14,16H,8-9H2,1-3H3/t10?,11-,14?/m0/s1. The van der Waals surface area contributed by atoms with Crippen LogP contribution in [0.2, 0.25) is 0 Å². The van der Waals surface area contributed by atoms with Gasteiger partial charge < -0.3 is 10.2 Å². The molecule has 0 amide bonds. The minimum absolute atomic E-state index is 0.171. The lowest BCUT2D eigenvalue weighted by molar-refractivity contribution is 0.325. The first-order valence-corrected chi connectivity index (χ1v) is 6.28. The van der Waals surface area contributed by atoms with Crippen LogP contribution < -0.4 is 5.32 Å². The van der Waals surface area contributed by atoms with Gasteiger partial charge in [-0.3, -0.25) is 0 Å². The second-order valence-electron chi connectivity index (χ2n) is 5.16. The monoisotopic (exact) mass is 236 g/mol. The summed E-state index contributed by atoms with van der Waals surface area (Å²) < 4.78 is 12.8. The molecular formula is C14H21FN2. The van der Waals surface area contributed by atoms with Crippen molar-refractivity contribution in [1.82, 2.24) is 10.2 Å². The molecule has 1 fully saturated rings. The summed E-state index contributed by atoms with van der Waals surface area (Å²) in [6.45, 7) is 5.48. The van der Waals surface area contributed by atoms with Crippen LogP contribution in [-0.4, -0.2) is 30.6 Å². The molecule has 1 aromatic rings. The van der Waals surface area contributed by atoms with Gasteiger partial charge in [0.1, 0.15) is 5.82 Å². The summed E-state index contributed by atoms with van der Waals surface area (Å²) >= 11 is 0. The number of benzene rings is 1. The Hall–Kier alpha value is -0.930. The number of rotatable bonds is 3. The van der Waals surface area contributed by atoms with Gasteiger partial charge in [0.15, 0.2) is 0 Å². The summed E-state index contributed by atoms with van der Waals surface area (Å²) in [5.41, 5.74) is 1.15. The second-order valence-corrected chi connectivity index (χ2v) is 5.16. The van der Waals surface area contributed by atoms with Crippen LogP contribution in [0.4, 0.5) is 4.39 Å². The molecule has 1 heterocycles. The number of hydrogen-bond acceptors (Lipinski definition) is 2. The molecule has 3 heteroatoms. The van der Waals surface area contributed by atoms with Gasteiger partial charge in [-0.05, 0) is 45.0 Å². The van der Waals surface area contributed by atoms with Gasteiger partial charge in [0.25, 0.3) is 0 Å². The lowest BCUT2D eigenvalue weighted by atomic mass is 10.1. The van der Waals surface area contributed by atoms with E-state index >= 15 is 0 Å². The summed E-state index contributed by atoms with van der Waals surface area (Å²) in [6.07, 6.45) is 1.18. The van der Waals surface area contributed by atoms with Crippen LogP contribution in [0.1, 0.15) is 31.9 Å². The van der Waals surface area contributed by atoms with Crippen molar-refractivity contribution in [3.05, 3.63) is 35.6 Å². The third-order valence-electron chi connectivity index (χ3n) is 3.74. The van der Waals surface area contributed by atoms with Crippen LogP contribution in [0.15, 0.2) is 24.3 Å². The molecule has 17 heavy (non-hydrogen) atoms.